The van der Waals surface area contributed by atoms with Crippen LogP contribution in [0.5, 0.6) is 0 Å². The lowest BCUT2D eigenvalue weighted by atomic mass is 10.2. The Morgan fingerprint density at radius 3 is 2.83 bits per heavy atom. The van der Waals surface area contributed by atoms with Crippen LogP contribution < -0.4 is 5.32 Å². The maximum Gasteiger partial charge on any atom is 0.137 e. The topological polar surface area (TPSA) is 12.0 Å². The minimum atomic E-state index is -0.129. The molecule has 0 atom stereocenters. The molecule has 0 radical (unpaired) electrons. The van der Waals surface area contributed by atoms with Crippen LogP contribution in [-0.4, -0.2) is 13.3 Å². The minimum absolute atomic E-state index is 0.129. The number of benzene rings is 1. The van der Waals surface area contributed by atoms with Gasteiger partial charge >= 0.3 is 0 Å². The van der Waals surface area contributed by atoms with E-state index in [1.165, 1.54) is 17.8 Å². The molecule has 0 bridgehead atoms. The summed E-state index contributed by atoms with van der Waals surface area (Å²) < 4.78 is 13.1. The van der Waals surface area contributed by atoms with Crippen LogP contribution in [-0.2, 0) is 6.54 Å². The second-order valence-corrected chi connectivity index (χ2v) is 3.28. The molecule has 0 aliphatic rings. The zero-order valence-electron chi connectivity index (χ0n) is 7.23. The smallest absolute Gasteiger partial charge is 0.137 e. The molecule has 0 saturated heterocycles. The highest BCUT2D eigenvalue weighted by atomic mass is 32.2. The van der Waals surface area contributed by atoms with Gasteiger partial charge in [0, 0.05) is 11.4 Å². The molecule has 0 aliphatic heterocycles. The van der Waals surface area contributed by atoms with Crippen LogP contribution in [0.3, 0.4) is 0 Å². The summed E-state index contributed by atoms with van der Waals surface area (Å²) in [6.45, 7) is 0.716. The summed E-state index contributed by atoms with van der Waals surface area (Å²) in [7, 11) is 1.86. The molecule has 12 heavy (non-hydrogen) atoms. The summed E-state index contributed by atoms with van der Waals surface area (Å²) >= 11 is 1.45. The molecule has 0 amide bonds. The van der Waals surface area contributed by atoms with Gasteiger partial charge in [0.05, 0.1) is 0 Å². The van der Waals surface area contributed by atoms with Crippen molar-refractivity contribution in [2.24, 2.45) is 0 Å². The molecule has 0 heterocycles. The van der Waals surface area contributed by atoms with E-state index in [-0.39, 0.29) is 5.82 Å². The quantitative estimate of drug-likeness (QED) is 0.725. The van der Waals surface area contributed by atoms with Gasteiger partial charge in [-0.1, -0.05) is 12.1 Å². The lowest BCUT2D eigenvalue weighted by Gasteiger charge is -2.06. The fourth-order valence-corrected chi connectivity index (χ4v) is 1.78. The predicted molar refractivity (Wildman–Crippen MR) is 50.9 cm³/mol. The maximum absolute atomic E-state index is 13.1. The Hall–Kier alpha value is -0.540. The van der Waals surface area contributed by atoms with Crippen molar-refractivity contribution in [3.05, 3.63) is 29.6 Å². The molecule has 0 aliphatic carbocycles. The molecule has 66 valence electrons. The zero-order valence-corrected chi connectivity index (χ0v) is 8.04. The summed E-state index contributed by atoms with van der Waals surface area (Å²) in [6.07, 6.45) is 1.89. The second-order valence-electron chi connectivity index (χ2n) is 2.46. The first-order valence-electron chi connectivity index (χ1n) is 3.75. The van der Waals surface area contributed by atoms with Crippen molar-refractivity contribution in [3.8, 4) is 0 Å². The SMILES string of the molecule is CNCc1cccc(F)c1SC. The third-order valence-electron chi connectivity index (χ3n) is 1.62. The lowest BCUT2D eigenvalue weighted by Crippen LogP contribution is -2.06. The van der Waals surface area contributed by atoms with E-state index in [1.807, 2.05) is 19.4 Å². The van der Waals surface area contributed by atoms with Crippen LogP contribution >= 0.6 is 11.8 Å². The first kappa shape index (κ1) is 9.55. The van der Waals surface area contributed by atoms with Crippen LogP contribution in [0.15, 0.2) is 23.1 Å². The third kappa shape index (κ3) is 1.99. The van der Waals surface area contributed by atoms with Gasteiger partial charge < -0.3 is 5.32 Å². The molecule has 0 unspecified atom stereocenters. The minimum Gasteiger partial charge on any atom is -0.316 e. The van der Waals surface area contributed by atoms with Crippen LogP contribution in [0.4, 0.5) is 4.39 Å². The van der Waals surface area contributed by atoms with Gasteiger partial charge in [0.2, 0.25) is 0 Å². The number of thioether (sulfide) groups is 1. The molecule has 1 aromatic rings. The average molecular weight is 185 g/mol. The largest absolute Gasteiger partial charge is 0.316 e. The molecule has 1 nitrogen and oxygen atoms in total. The molecule has 0 spiro atoms. The van der Waals surface area contributed by atoms with E-state index in [0.29, 0.717) is 6.54 Å². The van der Waals surface area contributed by atoms with Crippen LogP contribution in [0, 0.1) is 5.82 Å². The van der Waals surface area contributed by atoms with Crippen molar-refractivity contribution in [3.63, 3.8) is 0 Å². The van der Waals surface area contributed by atoms with Crippen LogP contribution in [0.25, 0.3) is 0 Å². The Morgan fingerprint density at radius 2 is 2.25 bits per heavy atom. The molecule has 0 fully saturated rings. The molecular weight excluding hydrogens is 173 g/mol. The number of rotatable bonds is 3. The van der Waals surface area contributed by atoms with E-state index in [1.54, 1.807) is 6.07 Å². The Kier molecular flexibility index (Phi) is 3.56. The van der Waals surface area contributed by atoms with E-state index in [2.05, 4.69) is 5.32 Å². The van der Waals surface area contributed by atoms with E-state index >= 15 is 0 Å². The molecule has 1 rings (SSSR count). The van der Waals surface area contributed by atoms with Crippen molar-refractivity contribution in [2.45, 2.75) is 11.4 Å². The Labute approximate surface area is 76.4 Å². The lowest BCUT2D eigenvalue weighted by molar-refractivity contribution is 0.594. The average Bonchev–Trinajstić information content (AvgIpc) is 2.05. The summed E-state index contributed by atoms with van der Waals surface area (Å²) in [4.78, 5) is 0.742. The number of nitrogens with one attached hydrogen (secondary N) is 1. The van der Waals surface area contributed by atoms with Crippen molar-refractivity contribution in [2.75, 3.05) is 13.3 Å². The summed E-state index contributed by atoms with van der Waals surface area (Å²) in [5.41, 5.74) is 1.02. The zero-order chi connectivity index (χ0) is 8.97. The fraction of sp³-hybridized carbons (Fsp3) is 0.333. The number of halogens is 1. The van der Waals surface area contributed by atoms with E-state index in [4.69, 9.17) is 0 Å². The number of hydrogen-bond donors (Lipinski definition) is 1. The normalized spacial score (nSPS) is 10.2. The first-order chi connectivity index (χ1) is 5.79. The van der Waals surface area contributed by atoms with Crippen LogP contribution in [0.2, 0.25) is 0 Å². The first-order valence-corrected chi connectivity index (χ1v) is 4.98. The highest BCUT2D eigenvalue weighted by Crippen LogP contribution is 2.23. The molecule has 1 aromatic carbocycles. The van der Waals surface area contributed by atoms with Gasteiger partial charge in [0.1, 0.15) is 5.82 Å². The van der Waals surface area contributed by atoms with Crippen LogP contribution in [0.1, 0.15) is 5.56 Å². The molecular formula is C9H12FNS. The summed E-state index contributed by atoms with van der Waals surface area (Å²) in [5, 5.41) is 3.01. The van der Waals surface area contributed by atoms with Gasteiger partial charge in [-0.2, -0.15) is 0 Å². The summed E-state index contributed by atoms with van der Waals surface area (Å²) in [5.74, 6) is -0.129. The number of hydrogen-bond acceptors (Lipinski definition) is 2. The monoisotopic (exact) mass is 185 g/mol. The molecule has 1 N–H and O–H groups in total. The van der Waals surface area contributed by atoms with Crippen molar-refractivity contribution in [1.82, 2.24) is 5.32 Å². The van der Waals surface area contributed by atoms with Crippen molar-refractivity contribution in [1.29, 1.82) is 0 Å². The van der Waals surface area contributed by atoms with Gasteiger partial charge in [0.15, 0.2) is 0 Å². The molecule has 0 saturated carbocycles. The standard InChI is InChI=1S/C9H12FNS/c1-11-6-7-4-3-5-8(10)9(7)12-2/h3-5,11H,6H2,1-2H3. The molecule has 3 heteroatoms. The van der Waals surface area contributed by atoms with Gasteiger partial charge in [-0.3, -0.25) is 0 Å². The second kappa shape index (κ2) is 4.48. The van der Waals surface area contributed by atoms with Gasteiger partial charge in [-0.15, -0.1) is 11.8 Å². The van der Waals surface area contributed by atoms with Crippen molar-refractivity contribution >= 4 is 11.8 Å². The highest BCUT2D eigenvalue weighted by Gasteiger charge is 2.05. The van der Waals surface area contributed by atoms with E-state index < -0.39 is 0 Å². The predicted octanol–water partition coefficient (Wildman–Crippen LogP) is 2.27. The maximum atomic E-state index is 13.1. The van der Waals surface area contributed by atoms with Crippen molar-refractivity contribution < 1.29 is 4.39 Å². The Bertz CT molecular complexity index is 263. The summed E-state index contributed by atoms with van der Waals surface area (Å²) in [6, 6.07) is 5.16. The Morgan fingerprint density at radius 1 is 1.50 bits per heavy atom. The van der Waals surface area contributed by atoms with Gasteiger partial charge in [-0.05, 0) is 24.9 Å². The van der Waals surface area contributed by atoms with E-state index in [0.717, 1.165) is 10.5 Å². The van der Waals surface area contributed by atoms with E-state index in [9.17, 15) is 4.39 Å². The third-order valence-corrected chi connectivity index (χ3v) is 2.49. The van der Waals surface area contributed by atoms with Gasteiger partial charge in [0.25, 0.3) is 0 Å². The Balaban J connectivity index is 3.00. The fourth-order valence-electron chi connectivity index (χ4n) is 1.11. The van der Waals surface area contributed by atoms with Gasteiger partial charge in [-0.25, -0.2) is 4.39 Å². The highest BCUT2D eigenvalue weighted by molar-refractivity contribution is 7.98. The molecule has 0 aromatic heterocycles.